The van der Waals surface area contributed by atoms with Crippen LogP contribution in [-0.4, -0.2) is 18.1 Å². The third-order valence-corrected chi connectivity index (χ3v) is 4.93. The van der Waals surface area contributed by atoms with Gasteiger partial charge in [0.25, 0.3) is 0 Å². The summed E-state index contributed by atoms with van der Waals surface area (Å²) < 4.78 is 0. The highest BCUT2D eigenvalue weighted by Gasteiger charge is 2.17. The number of hydrogen-bond acceptors (Lipinski definition) is 4. The molecule has 1 fully saturated rings. The minimum absolute atomic E-state index is 0.565. The van der Waals surface area contributed by atoms with E-state index in [-0.39, 0.29) is 0 Å². The molecular weight excluding hydrogens is 266 g/mol. The topological polar surface area (TPSA) is 42.1 Å². The van der Waals surface area contributed by atoms with Crippen molar-refractivity contribution in [3.05, 3.63) is 35.2 Å². The Hall–Kier alpha value is -1.39. The molecule has 0 radical (unpaired) electrons. The highest BCUT2D eigenvalue weighted by atomic mass is 32.1. The summed E-state index contributed by atoms with van der Waals surface area (Å²) in [6.45, 7) is 2.83. The normalized spacial score (nSPS) is 16.1. The van der Waals surface area contributed by atoms with Crippen LogP contribution >= 0.6 is 11.3 Å². The Kier molecular flexibility index (Phi) is 4.33. The van der Waals surface area contributed by atoms with E-state index in [1.807, 2.05) is 6.07 Å². The van der Waals surface area contributed by atoms with Gasteiger partial charge in [-0.05, 0) is 12.8 Å². The molecule has 2 heterocycles. The maximum absolute atomic E-state index is 5.91. The second-order valence-corrected chi connectivity index (χ2v) is 6.30. The van der Waals surface area contributed by atoms with E-state index < -0.39 is 0 Å². The number of nitrogens with zero attached hydrogens (tertiary/aromatic N) is 2. The fourth-order valence-corrected chi connectivity index (χ4v) is 3.71. The number of thiazole rings is 1. The quantitative estimate of drug-likeness (QED) is 0.937. The van der Waals surface area contributed by atoms with E-state index in [0.717, 1.165) is 23.9 Å². The molecule has 1 aromatic heterocycles. The van der Waals surface area contributed by atoms with Gasteiger partial charge in [-0.15, -0.1) is 0 Å². The van der Waals surface area contributed by atoms with E-state index in [0.29, 0.717) is 6.54 Å². The molecule has 1 aliphatic heterocycles. The zero-order chi connectivity index (χ0) is 13.8. The molecule has 0 unspecified atom stereocenters. The van der Waals surface area contributed by atoms with Gasteiger partial charge in [-0.25, -0.2) is 4.98 Å². The molecule has 3 nitrogen and oxygen atoms in total. The van der Waals surface area contributed by atoms with Gasteiger partial charge in [0.2, 0.25) is 0 Å². The van der Waals surface area contributed by atoms with E-state index in [9.17, 15) is 0 Å². The first-order valence-electron chi connectivity index (χ1n) is 7.38. The first-order valence-corrected chi connectivity index (χ1v) is 8.20. The molecule has 0 bridgehead atoms. The Labute approximate surface area is 124 Å². The predicted molar refractivity (Wildman–Crippen MR) is 86.1 cm³/mol. The van der Waals surface area contributed by atoms with E-state index in [4.69, 9.17) is 10.7 Å². The van der Waals surface area contributed by atoms with Crippen molar-refractivity contribution in [2.45, 2.75) is 32.2 Å². The summed E-state index contributed by atoms with van der Waals surface area (Å²) in [5, 5.41) is 1.14. The summed E-state index contributed by atoms with van der Waals surface area (Å²) in [5.41, 5.74) is 8.15. The molecule has 0 spiro atoms. The van der Waals surface area contributed by atoms with Crippen LogP contribution in [0.25, 0.3) is 11.3 Å². The van der Waals surface area contributed by atoms with E-state index >= 15 is 0 Å². The Balaban J connectivity index is 1.92. The second-order valence-electron chi connectivity index (χ2n) is 5.24. The van der Waals surface area contributed by atoms with Gasteiger partial charge in [-0.3, -0.25) is 0 Å². The minimum Gasteiger partial charge on any atom is -0.348 e. The number of aromatic nitrogens is 1. The van der Waals surface area contributed by atoms with Gasteiger partial charge in [-0.1, -0.05) is 54.5 Å². The highest BCUT2D eigenvalue weighted by Crippen LogP contribution is 2.33. The van der Waals surface area contributed by atoms with Crippen LogP contribution in [0.5, 0.6) is 0 Å². The zero-order valence-corrected chi connectivity index (χ0v) is 12.5. The Morgan fingerprint density at radius 2 is 1.75 bits per heavy atom. The number of rotatable bonds is 3. The smallest absolute Gasteiger partial charge is 0.186 e. The van der Waals surface area contributed by atoms with Crippen LogP contribution in [0.2, 0.25) is 0 Å². The van der Waals surface area contributed by atoms with Crippen molar-refractivity contribution >= 4 is 16.5 Å². The number of nitrogens with two attached hydrogens (primary N) is 1. The average molecular weight is 287 g/mol. The number of hydrogen-bond donors (Lipinski definition) is 1. The summed E-state index contributed by atoms with van der Waals surface area (Å²) >= 11 is 1.76. The van der Waals surface area contributed by atoms with Crippen LogP contribution in [0.4, 0.5) is 5.13 Å². The Morgan fingerprint density at radius 3 is 2.40 bits per heavy atom. The van der Waals surface area contributed by atoms with Gasteiger partial charge in [0.05, 0.1) is 5.69 Å². The first-order chi connectivity index (χ1) is 9.88. The summed E-state index contributed by atoms with van der Waals surface area (Å²) in [7, 11) is 0. The molecular formula is C16H21N3S. The van der Waals surface area contributed by atoms with Crippen LogP contribution < -0.4 is 10.6 Å². The monoisotopic (exact) mass is 287 g/mol. The van der Waals surface area contributed by atoms with Crippen LogP contribution in [0.15, 0.2) is 30.3 Å². The first kappa shape index (κ1) is 13.6. The summed E-state index contributed by atoms with van der Waals surface area (Å²) in [4.78, 5) is 8.51. The van der Waals surface area contributed by atoms with Crippen molar-refractivity contribution in [3.8, 4) is 11.3 Å². The average Bonchev–Trinajstić information content (AvgIpc) is 2.75. The molecule has 1 aromatic carbocycles. The summed E-state index contributed by atoms with van der Waals surface area (Å²) in [5.74, 6) is 0. The van der Waals surface area contributed by atoms with Crippen LogP contribution in [0.1, 0.15) is 30.6 Å². The van der Waals surface area contributed by atoms with Crippen LogP contribution in [0, 0.1) is 0 Å². The second kappa shape index (κ2) is 6.37. The molecule has 3 rings (SSSR count). The number of benzene rings is 1. The van der Waals surface area contributed by atoms with Gasteiger partial charge >= 0.3 is 0 Å². The fraction of sp³-hybridized carbons (Fsp3) is 0.438. The minimum atomic E-state index is 0.565. The number of anilines is 1. The van der Waals surface area contributed by atoms with E-state index in [1.54, 1.807) is 11.3 Å². The molecule has 0 saturated carbocycles. The lowest BCUT2D eigenvalue weighted by molar-refractivity contribution is 0.726. The van der Waals surface area contributed by atoms with Crippen molar-refractivity contribution < 1.29 is 0 Å². The molecule has 4 heteroatoms. The van der Waals surface area contributed by atoms with Gasteiger partial charge in [0.1, 0.15) is 0 Å². The maximum atomic E-state index is 5.91. The van der Waals surface area contributed by atoms with Gasteiger partial charge in [0.15, 0.2) is 5.13 Å². The molecule has 2 aromatic rings. The van der Waals surface area contributed by atoms with Crippen LogP contribution in [0.3, 0.4) is 0 Å². The molecule has 0 aliphatic carbocycles. The third-order valence-electron chi connectivity index (χ3n) is 3.80. The maximum Gasteiger partial charge on any atom is 0.186 e. The van der Waals surface area contributed by atoms with Gasteiger partial charge < -0.3 is 10.6 Å². The van der Waals surface area contributed by atoms with Gasteiger partial charge in [-0.2, -0.15) is 0 Å². The third kappa shape index (κ3) is 2.86. The van der Waals surface area contributed by atoms with E-state index in [1.165, 1.54) is 36.1 Å². The van der Waals surface area contributed by atoms with Crippen molar-refractivity contribution in [1.29, 1.82) is 0 Å². The molecule has 0 amide bonds. The summed E-state index contributed by atoms with van der Waals surface area (Å²) in [6, 6.07) is 10.4. The SMILES string of the molecule is NCc1sc(N2CCCCCC2)nc1-c1ccccc1. The molecule has 1 saturated heterocycles. The Morgan fingerprint density at radius 1 is 1.05 bits per heavy atom. The van der Waals surface area contributed by atoms with E-state index in [2.05, 4.69) is 29.2 Å². The predicted octanol–water partition coefficient (Wildman–Crippen LogP) is 3.65. The zero-order valence-electron chi connectivity index (χ0n) is 11.7. The largest absolute Gasteiger partial charge is 0.348 e. The lowest BCUT2D eigenvalue weighted by Gasteiger charge is -2.18. The summed E-state index contributed by atoms with van der Waals surface area (Å²) in [6.07, 6.45) is 5.24. The highest BCUT2D eigenvalue weighted by molar-refractivity contribution is 7.16. The van der Waals surface area contributed by atoms with Crippen molar-refractivity contribution in [1.82, 2.24) is 4.98 Å². The van der Waals surface area contributed by atoms with Crippen molar-refractivity contribution in [3.63, 3.8) is 0 Å². The lowest BCUT2D eigenvalue weighted by Crippen LogP contribution is -2.23. The molecule has 106 valence electrons. The molecule has 1 aliphatic rings. The van der Waals surface area contributed by atoms with Crippen LogP contribution in [-0.2, 0) is 6.54 Å². The Bertz CT molecular complexity index is 542. The lowest BCUT2D eigenvalue weighted by atomic mass is 10.1. The fourth-order valence-electron chi connectivity index (χ4n) is 2.70. The molecule has 2 N–H and O–H groups in total. The standard InChI is InChI=1S/C16H21N3S/c17-12-14-15(13-8-4-3-5-9-13)18-16(20-14)19-10-6-1-2-7-11-19/h3-5,8-9H,1-2,6-7,10-12,17H2. The van der Waals surface area contributed by atoms with Crippen molar-refractivity contribution in [2.75, 3.05) is 18.0 Å². The van der Waals surface area contributed by atoms with Crippen molar-refractivity contribution in [2.24, 2.45) is 5.73 Å². The molecule has 20 heavy (non-hydrogen) atoms. The van der Waals surface area contributed by atoms with Gasteiger partial charge in [0, 0.05) is 30.1 Å². The molecule has 0 atom stereocenters.